The zero-order valence-electron chi connectivity index (χ0n) is 11.9. The first-order valence-electron chi connectivity index (χ1n) is 6.37. The normalized spacial score (nSPS) is 13.8. The molecule has 0 spiro atoms. The van der Waals surface area contributed by atoms with Gasteiger partial charge in [0.1, 0.15) is 5.52 Å². The van der Waals surface area contributed by atoms with Crippen LogP contribution in [0.1, 0.15) is 24.4 Å². The van der Waals surface area contributed by atoms with Gasteiger partial charge in [0, 0.05) is 16.5 Å². The monoisotopic (exact) mass is 304 g/mol. The largest absolute Gasteiger partial charge is 0.875 e. The Morgan fingerprint density at radius 1 is 1.41 bits per heavy atom. The first-order chi connectivity index (χ1) is 10.3. The van der Waals surface area contributed by atoms with Gasteiger partial charge in [-0.1, -0.05) is 19.1 Å². The molecule has 2 aromatic rings. The Labute approximate surface area is 124 Å². The summed E-state index contributed by atoms with van der Waals surface area (Å²) < 4.78 is 0.788. The molecular formula is C14H14N3O5-. The minimum Gasteiger partial charge on any atom is -0.875 e. The van der Waals surface area contributed by atoms with Gasteiger partial charge in [-0.25, -0.2) is 0 Å². The van der Waals surface area contributed by atoms with E-state index in [0.29, 0.717) is 9.16 Å². The van der Waals surface area contributed by atoms with Crippen molar-refractivity contribution in [1.82, 2.24) is 4.73 Å². The number of nitrogens with zero attached hydrogens (tertiary/aromatic N) is 2. The first kappa shape index (κ1) is 15.5. The number of para-hydroxylation sites is 2. The van der Waals surface area contributed by atoms with Gasteiger partial charge < -0.3 is 25.9 Å². The van der Waals surface area contributed by atoms with Crippen LogP contribution in [-0.2, 0) is 4.79 Å². The average Bonchev–Trinajstić information content (AvgIpc) is 2.44. The van der Waals surface area contributed by atoms with Crippen LogP contribution in [0.5, 0.6) is 0 Å². The molecule has 1 aromatic carbocycles. The summed E-state index contributed by atoms with van der Waals surface area (Å²) in [6, 6.07) is 5.97. The molecule has 0 saturated heterocycles. The smallest absolute Gasteiger partial charge is 0.292 e. The van der Waals surface area contributed by atoms with Crippen LogP contribution in [0.25, 0.3) is 11.0 Å². The Bertz CT molecular complexity index is 849. The lowest BCUT2D eigenvalue weighted by atomic mass is 10.0. The second-order valence-corrected chi connectivity index (χ2v) is 4.78. The number of primary amides is 1. The van der Waals surface area contributed by atoms with Crippen molar-refractivity contribution in [2.24, 2.45) is 5.73 Å². The van der Waals surface area contributed by atoms with Gasteiger partial charge in [0.15, 0.2) is 6.10 Å². The minimum atomic E-state index is -1.88. The molecule has 0 saturated carbocycles. The molecule has 0 radical (unpaired) electrons. The van der Waals surface area contributed by atoms with Crippen LogP contribution >= 0.6 is 0 Å². The van der Waals surface area contributed by atoms with E-state index in [0.717, 1.165) is 6.92 Å². The number of benzene rings is 1. The van der Waals surface area contributed by atoms with Crippen LogP contribution in [0.4, 0.5) is 0 Å². The van der Waals surface area contributed by atoms with E-state index in [1.807, 2.05) is 0 Å². The van der Waals surface area contributed by atoms with Gasteiger partial charge in [0.2, 0.25) is 5.91 Å². The van der Waals surface area contributed by atoms with Crippen LogP contribution in [0.15, 0.2) is 35.6 Å². The van der Waals surface area contributed by atoms with Gasteiger partial charge in [0.25, 0.3) is 11.2 Å². The van der Waals surface area contributed by atoms with Gasteiger partial charge in [0.05, 0.1) is 10.1 Å². The number of amides is 1. The van der Waals surface area contributed by atoms with Crippen LogP contribution in [-0.4, -0.2) is 15.7 Å². The Morgan fingerprint density at radius 3 is 2.55 bits per heavy atom. The van der Waals surface area contributed by atoms with E-state index in [2.05, 4.69) is 0 Å². The summed E-state index contributed by atoms with van der Waals surface area (Å²) in [4.78, 5) is 23.8. The number of nitrogens with two attached hydrogens (primary N) is 1. The lowest BCUT2D eigenvalue weighted by Gasteiger charge is -2.20. The fraction of sp³-hybridized carbons (Fsp3) is 0.214. The Balaban J connectivity index is 2.85. The SMILES string of the molecule is C/C([O-])=C(/C(N)=O)C(O)c1c(C)n([O-])c2ccccc2[n+]1=O. The molecule has 0 aliphatic carbocycles. The van der Waals surface area contributed by atoms with Gasteiger partial charge >= 0.3 is 0 Å². The maximum absolute atomic E-state index is 12.4. The zero-order valence-corrected chi connectivity index (χ0v) is 11.9. The number of aliphatic hydroxyl groups excluding tert-OH is 1. The molecule has 1 heterocycles. The standard InChI is InChI=1S/C14H15N3O5/c1-7-12(13(19)11(8(2)18)14(15)20)17(22)10-6-4-3-5-9(10)16(7)21/h3-6,13,18-19H,1-2H3,(H2,15,20)/p-1/b11-8-. The van der Waals surface area contributed by atoms with E-state index in [4.69, 9.17) is 5.73 Å². The van der Waals surface area contributed by atoms with E-state index >= 15 is 0 Å². The minimum absolute atomic E-state index is 0.00419. The van der Waals surface area contributed by atoms with Gasteiger partial charge in [-0.3, -0.25) is 4.79 Å². The predicted molar refractivity (Wildman–Crippen MR) is 75.7 cm³/mol. The third-order valence-electron chi connectivity index (χ3n) is 3.39. The Hall–Kier alpha value is -2.87. The number of hydrogen-bond donors (Lipinski definition) is 2. The fourth-order valence-corrected chi connectivity index (χ4v) is 2.32. The lowest BCUT2D eigenvalue weighted by molar-refractivity contribution is -0.482. The van der Waals surface area contributed by atoms with E-state index in [1.54, 1.807) is 12.1 Å². The summed E-state index contributed by atoms with van der Waals surface area (Å²) in [7, 11) is 0. The predicted octanol–water partition coefficient (Wildman–Crippen LogP) is -0.637. The molecule has 2 rings (SSSR count). The molecule has 22 heavy (non-hydrogen) atoms. The number of fused-ring (bicyclic) bond motifs is 1. The molecule has 116 valence electrons. The molecule has 0 bridgehead atoms. The highest BCUT2D eigenvalue weighted by Gasteiger charge is 2.31. The molecule has 8 heteroatoms. The van der Waals surface area contributed by atoms with Crippen LogP contribution in [0.2, 0.25) is 0 Å². The highest BCUT2D eigenvalue weighted by Crippen LogP contribution is 2.24. The maximum atomic E-state index is 12.4. The van der Waals surface area contributed by atoms with Crippen molar-refractivity contribution in [3.63, 3.8) is 0 Å². The third-order valence-corrected chi connectivity index (χ3v) is 3.39. The summed E-state index contributed by atoms with van der Waals surface area (Å²) in [6.45, 7) is 2.35. The van der Waals surface area contributed by atoms with Crippen molar-refractivity contribution < 1.29 is 19.4 Å². The number of carbonyl (C=O) groups is 1. The topological polar surface area (TPSA) is 137 Å². The van der Waals surface area contributed by atoms with Crippen molar-refractivity contribution in [2.45, 2.75) is 20.0 Å². The summed E-state index contributed by atoms with van der Waals surface area (Å²) >= 11 is 0. The molecule has 0 fully saturated rings. The van der Waals surface area contributed by atoms with Gasteiger partial charge in [-0.05, 0) is 13.0 Å². The summed E-state index contributed by atoms with van der Waals surface area (Å²) in [5, 5.41) is 33.9. The second-order valence-electron chi connectivity index (χ2n) is 4.78. The van der Waals surface area contributed by atoms with Gasteiger partial charge in [-0.2, -0.15) is 0 Å². The second kappa shape index (κ2) is 5.49. The molecule has 1 unspecified atom stereocenters. The molecule has 1 aromatic heterocycles. The molecule has 1 atom stereocenters. The highest BCUT2D eigenvalue weighted by atomic mass is 16.5. The Kier molecular flexibility index (Phi) is 3.87. The molecule has 0 aliphatic heterocycles. The number of rotatable bonds is 3. The molecule has 3 N–H and O–H groups in total. The van der Waals surface area contributed by atoms with E-state index < -0.39 is 29.0 Å². The highest BCUT2D eigenvalue weighted by molar-refractivity contribution is 5.93. The first-order valence-corrected chi connectivity index (χ1v) is 6.37. The molecule has 8 nitrogen and oxygen atoms in total. The summed E-state index contributed by atoms with van der Waals surface area (Å²) in [6.07, 6.45) is -1.88. The van der Waals surface area contributed by atoms with Crippen molar-refractivity contribution in [2.75, 3.05) is 0 Å². The van der Waals surface area contributed by atoms with Crippen LogP contribution in [0.3, 0.4) is 0 Å². The Morgan fingerprint density at radius 2 is 2.00 bits per heavy atom. The molecule has 0 aliphatic rings. The van der Waals surface area contributed by atoms with E-state index in [1.165, 1.54) is 19.1 Å². The zero-order chi connectivity index (χ0) is 16.6. The quantitative estimate of drug-likeness (QED) is 0.441. The van der Waals surface area contributed by atoms with Crippen molar-refractivity contribution in [3.05, 3.63) is 57.1 Å². The van der Waals surface area contributed by atoms with Crippen molar-refractivity contribution in [3.8, 4) is 0 Å². The van der Waals surface area contributed by atoms with E-state index in [9.17, 15) is 25.1 Å². The van der Waals surface area contributed by atoms with Gasteiger partial charge in [-0.15, -0.1) is 5.76 Å². The fourth-order valence-electron chi connectivity index (χ4n) is 2.32. The number of aliphatic hydroxyl groups is 1. The number of aromatic nitrogens is 2. The number of allylic oxidation sites excluding steroid dienone is 1. The average molecular weight is 304 g/mol. The van der Waals surface area contributed by atoms with Crippen LogP contribution < -0.4 is 15.3 Å². The summed E-state index contributed by atoms with van der Waals surface area (Å²) in [5.74, 6) is -1.92. The molecular weight excluding hydrogens is 290 g/mol. The van der Waals surface area contributed by atoms with E-state index in [-0.39, 0.29) is 16.7 Å². The molecule has 1 amide bonds. The number of carbonyl (C=O) groups excluding carboxylic acids is 1. The van der Waals surface area contributed by atoms with Crippen LogP contribution in [0, 0.1) is 17.0 Å². The third kappa shape index (κ3) is 2.29. The lowest BCUT2D eigenvalue weighted by Crippen LogP contribution is -2.33. The maximum Gasteiger partial charge on any atom is 0.292 e. The number of hydrogen-bond acceptors (Lipinski definition) is 5. The van der Waals surface area contributed by atoms with Crippen molar-refractivity contribution >= 4 is 16.9 Å². The summed E-state index contributed by atoms with van der Waals surface area (Å²) in [5.41, 5.74) is 4.01. The van der Waals surface area contributed by atoms with Crippen molar-refractivity contribution in [1.29, 1.82) is 0 Å².